The van der Waals surface area contributed by atoms with Gasteiger partial charge in [-0.1, -0.05) is 24.3 Å². The monoisotopic (exact) mass is 435 g/mol. The van der Waals surface area contributed by atoms with Gasteiger partial charge in [-0.2, -0.15) is 5.10 Å². The maximum Gasteiger partial charge on any atom is 0.325 e. The predicted molar refractivity (Wildman–Crippen MR) is 116 cm³/mol. The molecule has 1 atom stereocenters. The Kier molecular flexibility index (Phi) is 5.25. The summed E-state index contributed by atoms with van der Waals surface area (Å²) in [5.74, 6) is -1.12. The van der Waals surface area contributed by atoms with Gasteiger partial charge in [0.15, 0.2) is 0 Å². The molecule has 2 N–H and O–H groups in total. The lowest BCUT2D eigenvalue weighted by Crippen LogP contribution is -2.42. The lowest BCUT2D eigenvalue weighted by Gasteiger charge is -2.24. The number of imide groups is 1. The highest BCUT2D eigenvalue weighted by molar-refractivity contribution is 6.10. The minimum absolute atomic E-state index is 0.341. The van der Waals surface area contributed by atoms with E-state index in [1.54, 1.807) is 32.0 Å². The quantitative estimate of drug-likeness (QED) is 0.602. The fraction of sp³-hybridized carbons (Fsp3) is 0.217. The number of carbonyl (C=O) groups is 3. The molecule has 4 rings (SSSR count). The molecule has 32 heavy (non-hydrogen) atoms. The molecule has 1 fully saturated rings. The summed E-state index contributed by atoms with van der Waals surface area (Å²) >= 11 is 0. The number of halogens is 1. The highest BCUT2D eigenvalue weighted by Crippen LogP contribution is 2.31. The molecule has 1 saturated heterocycles. The van der Waals surface area contributed by atoms with Crippen molar-refractivity contribution in [2.24, 2.45) is 0 Å². The molecular weight excluding hydrogens is 413 g/mol. The van der Waals surface area contributed by atoms with Crippen LogP contribution in [0, 0.1) is 19.7 Å². The second kappa shape index (κ2) is 7.92. The van der Waals surface area contributed by atoms with Gasteiger partial charge in [-0.15, -0.1) is 0 Å². The van der Waals surface area contributed by atoms with Crippen molar-refractivity contribution >= 4 is 23.7 Å². The molecule has 3 aromatic rings. The van der Waals surface area contributed by atoms with E-state index in [4.69, 9.17) is 0 Å². The lowest BCUT2D eigenvalue weighted by molar-refractivity contribution is -0.133. The van der Waals surface area contributed by atoms with E-state index in [0.717, 1.165) is 10.5 Å². The predicted octanol–water partition coefficient (Wildman–Crippen LogP) is 3.03. The van der Waals surface area contributed by atoms with Gasteiger partial charge in [0.05, 0.1) is 11.4 Å². The number of aromatic nitrogens is 2. The maximum absolute atomic E-state index is 13.3. The molecule has 0 aliphatic carbocycles. The lowest BCUT2D eigenvalue weighted by atomic mass is 9.88. The minimum Gasteiger partial charge on any atom is -0.319 e. The molecule has 0 saturated carbocycles. The zero-order valence-electron chi connectivity index (χ0n) is 17.8. The molecule has 0 radical (unpaired) electrons. The van der Waals surface area contributed by atoms with Crippen LogP contribution in [0.2, 0.25) is 0 Å². The number of amides is 4. The van der Waals surface area contributed by atoms with Gasteiger partial charge in [-0.25, -0.2) is 13.9 Å². The van der Waals surface area contributed by atoms with Gasteiger partial charge in [0.25, 0.3) is 5.91 Å². The first-order valence-corrected chi connectivity index (χ1v) is 10.0. The largest absolute Gasteiger partial charge is 0.325 e. The number of rotatable bonds is 5. The van der Waals surface area contributed by atoms with Gasteiger partial charge in [0.2, 0.25) is 5.91 Å². The summed E-state index contributed by atoms with van der Waals surface area (Å²) in [6, 6.07) is 13.9. The van der Waals surface area contributed by atoms with Crippen LogP contribution in [0.1, 0.15) is 23.7 Å². The van der Waals surface area contributed by atoms with E-state index in [-0.39, 0.29) is 0 Å². The maximum atomic E-state index is 13.3. The number of nitrogens with zero attached hydrogens (tertiary/aromatic N) is 3. The summed E-state index contributed by atoms with van der Waals surface area (Å²) < 4.78 is 14.7. The highest BCUT2D eigenvalue weighted by Gasteiger charge is 2.50. The third kappa shape index (κ3) is 3.73. The van der Waals surface area contributed by atoms with Crippen LogP contribution < -0.4 is 10.6 Å². The van der Waals surface area contributed by atoms with Crippen LogP contribution in [-0.2, 0) is 15.1 Å². The summed E-state index contributed by atoms with van der Waals surface area (Å²) in [6.07, 6.45) is 0. The second-order valence-corrected chi connectivity index (χ2v) is 7.87. The van der Waals surface area contributed by atoms with Crippen LogP contribution in [0.25, 0.3) is 5.69 Å². The van der Waals surface area contributed by atoms with Crippen LogP contribution in [0.4, 0.5) is 15.0 Å². The number of aryl methyl sites for hydroxylation is 2. The Hall–Kier alpha value is -4.01. The fourth-order valence-corrected chi connectivity index (χ4v) is 3.85. The van der Waals surface area contributed by atoms with Gasteiger partial charge in [0, 0.05) is 6.07 Å². The van der Waals surface area contributed by atoms with Gasteiger partial charge in [-0.05, 0) is 56.2 Å². The zero-order valence-corrected chi connectivity index (χ0v) is 17.8. The molecule has 0 bridgehead atoms. The van der Waals surface area contributed by atoms with E-state index in [1.165, 1.54) is 28.9 Å². The first-order valence-electron chi connectivity index (χ1n) is 10.0. The highest BCUT2D eigenvalue weighted by atomic mass is 19.1. The van der Waals surface area contributed by atoms with E-state index in [0.29, 0.717) is 22.8 Å². The van der Waals surface area contributed by atoms with Crippen molar-refractivity contribution in [1.29, 1.82) is 0 Å². The van der Waals surface area contributed by atoms with E-state index in [1.807, 2.05) is 19.1 Å². The Morgan fingerprint density at radius 2 is 1.81 bits per heavy atom. The molecular formula is C23H22FN5O3. The second-order valence-electron chi connectivity index (χ2n) is 7.87. The first-order chi connectivity index (χ1) is 15.2. The number of anilines is 1. The summed E-state index contributed by atoms with van der Waals surface area (Å²) in [5.41, 5.74) is 1.46. The molecule has 1 unspecified atom stereocenters. The first kappa shape index (κ1) is 21.2. The zero-order chi connectivity index (χ0) is 23.0. The number of nitrogens with one attached hydrogen (secondary N) is 2. The summed E-state index contributed by atoms with van der Waals surface area (Å²) in [4.78, 5) is 39.3. The number of hydrogen-bond acceptors (Lipinski definition) is 4. The molecule has 0 spiro atoms. The van der Waals surface area contributed by atoms with Gasteiger partial charge in [0.1, 0.15) is 23.7 Å². The average molecular weight is 435 g/mol. The molecule has 8 nitrogen and oxygen atoms in total. The van der Waals surface area contributed by atoms with Crippen molar-refractivity contribution in [3.8, 4) is 5.69 Å². The Balaban J connectivity index is 1.53. The third-order valence-electron chi connectivity index (χ3n) is 5.43. The van der Waals surface area contributed by atoms with Crippen LogP contribution in [0.5, 0.6) is 0 Å². The molecule has 1 aliphatic heterocycles. The molecule has 2 aromatic carbocycles. The summed E-state index contributed by atoms with van der Waals surface area (Å²) in [6.45, 7) is 4.77. The van der Waals surface area contributed by atoms with E-state index < -0.39 is 35.7 Å². The third-order valence-corrected chi connectivity index (χ3v) is 5.43. The van der Waals surface area contributed by atoms with Crippen molar-refractivity contribution in [2.75, 3.05) is 11.9 Å². The van der Waals surface area contributed by atoms with Crippen molar-refractivity contribution < 1.29 is 18.8 Å². The van der Waals surface area contributed by atoms with E-state index >= 15 is 0 Å². The van der Waals surface area contributed by atoms with Crippen LogP contribution in [0.3, 0.4) is 0 Å². The minimum atomic E-state index is -1.25. The average Bonchev–Trinajstić information content (AvgIpc) is 3.21. The number of carbonyl (C=O) groups excluding carboxylic acids is 3. The fourth-order valence-electron chi connectivity index (χ4n) is 3.85. The normalized spacial score (nSPS) is 18.1. The molecule has 4 amide bonds. The molecule has 1 aromatic heterocycles. The number of benzene rings is 2. The van der Waals surface area contributed by atoms with Gasteiger partial charge in [-0.3, -0.25) is 14.5 Å². The Bertz CT molecular complexity index is 1220. The van der Waals surface area contributed by atoms with E-state index in [2.05, 4.69) is 15.7 Å². The van der Waals surface area contributed by atoms with Crippen molar-refractivity contribution in [3.05, 3.63) is 77.2 Å². The SMILES string of the molecule is Cc1cc(NC(=O)CN2C(=O)NC(C)(c3ccccc3C)C2=O)n(-c2ccc(F)cc2)n1. The Morgan fingerprint density at radius 3 is 2.50 bits per heavy atom. The number of urea groups is 1. The molecule has 9 heteroatoms. The van der Waals surface area contributed by atoms with Crippen molar-refractivity contribution in [1.82, 2.24) is 20.0 Å². The Labute approximate surface area is 184 Å². The van der Waals surface area contributed by atoms with E-state index in [9.17, 15) is 18.8 Å². The standard InChI is InChI=1S/C23H22FN5O3/c1-14-6-4-5-7-18(14)23(3)21(31)28(22(32)26-23)13-20(30)25-19-12-15(2)27-29(19)17-10-8-16(24)9-11-17/h4-12H,13H2,1-3H3,(H,25,30)(H,26,32). The van der Waals surface area contributed by atoms with Crippen molar-refractivity contribution in [2.45, 2.75) is 26.3 Å². The number of hydrogen-bond donors (Lipinski definition) is 2. The topological polar surface area (TPSA) is 96.3 Å². The van der Waals surface area contributed by atoms with Gasteiger partial charge < -0.3 is 10.6 Å². The summed E-state index contributed by atoms with van der Waals surface area (Å²) in [5, 5.41) is 9.71. The van der Waals surface area contributed by atoms with Gasteiger partial charge >= 0.3 is 6.03 Å². The molecule has 2 heterocycles. The van der Waals surface area contributed by atoms with Crippen molar-refractivity contribution in [3.63, 3.8) is 0 Å². The van der Waals surface area contributed by atoms with Crippen LogP contribution >= 0.6 is 0 Å². The smallest absolute Gasteiger partial charge is 0.319 e. The molecule has 1 aliphatic rings. The Morgan fingerprint density at radius 1 is 1.12 bits per heavy atom. The van der Waals surface area contributed by atoms with Crippen LogP contribution in [0.15, 0.2) is 54.6 Å². The van der Waals surface area contributed by atoms with Crippen LogP contribution in [-0.4, -0.2) is 39.1 Å². The summed E-state index contributed by atoms with van der Waals surface area (Å²) in [7, 11) is 0. The molecule has 164 valence electrons.